The van der Waals surface area contributed by atoms with Crippen molar-refractivity contribution in [2.75, 3.05) is 33.1 Å². The molecule has 2 aromatic heterocycles. The van der Waals surface area contributed by atoms with Gasteiger partial charge in [0.1, 0.15) is 18.2 Å². The Bertz CT molecular complexity index is 1780. The monoisotopic (exact) mass is 622 g/mol. The van der Waals surface area contributed by atoms with Crippen molar-refractivity contribution in [3.63, 3.8) is 0 Å². The van der Waals surface area contributed by atoms with Gasteiger partial charge in [0.05, 0.1) is 47.8 Å². The van der Waals surface area contributed by atoms with Crippen LogP contribution in [-0.2, 0) is 39.0 Å². The summed E-state index contributed by atoms with van der Waals surface area (Å²) in [6, 6.07) is 14.9. The summed E-state index contributed by atoms with van der Waals surface area (Å²) in [4.78, 5) is 24.1. The van der Waals surface area contributed by atoms with E-state index < -0.39 is 15.7 Å². The van der Waals surface area contributed by atoms with Gasteiger partial charge in [-0.3, -0.25) is 4.90 Å². The molecule has 1 atom stereocenters. The molecule has 2 aromatic carbocycles. The number of imidazole rings is 1. The van der Waals surface area contributed by atoms with E-state index in [4.69, 9.17) is 24.2 Å². The summed E-state index contributed by atoms with van der Waals surface area (Å²) in [6.07, 6.45) is 4.01. The van der Waals surface area contributed by atoms with Gasteiger partial charge in [0.2, 0.25) is 5.88 Å². The number of piperidine rings is 1. The van der Waals surface area contributed by atoms with Crippen molar-refractivity contribution in [2.45, 2.75) is 55.9 Å². The topological polar surface area (TPSA) is 113 Å². The van der Waals surface area contributed by atoms with E-state index in [2.05, 4.69) is 9.47 Å². The number of benzene rings is 2. The highest BCUT2D eigenvalue weighted by atomic mass is 32.2. The van der Waals surface area contributed by atoms with Crippen molar-refractivity contribution in [1.82, 2.24) is 19.4 Å². The summed E-state index contributed by atoms with van der Waals surface area (Å²) in [5.41, 5.74) is 3.43. The third-order valence-electron chi connectivity index (χ3n) is 8.37. The number of fused-ring (bicyclic) bond motifs is 1. The van der Waals surface area contributed by atoms with Crippen LogP contribution in [0.4, 0.5) is 4.39 Å². The number of ether oxygens (including phenoxy) is 3. The lowest BCUT2D eigenvalue weighted by Gasteiger charge is -2.32. The van der Waals surface area contributed by atoms with E-state index in [1.54, 1.807) is 12.1 Å². The van der Waals surface area contributed by atoms with Crippen LogP contribution in [0.25, 0.3) is 11.0 Å². The number of carbonyl (C=O) groups excluding carboxylic acids is 1. The van der Waals surface area contributed by atoms with Gasteiger partial charge in [0.25, 0.3) is 0 Å². The van der Waals surface area contributed by atoms with Gasteiger partial charge < -0.3 is 18.8 Å². The fraction of sp³-hybridized carbons (Fsp3) is 0.406. The Morgan fingerprint density at radius 2 is 1.86 bits per heavy atom. The van der Waals surface area contributed by atoms with Crippen LogP contribution < -0.4 is 4.74 Å². The average molecular weight is 623 g/mol. The molecule has 2 aliphatic rings. The Labute approximate surface area is 255 Å². The molecule has 0 bridgehead atoms. The van der Waals surface area contributed by atoms with Gasteiger partial charge >= 0.3 is 5.97 Å². The summed E-state index contributed by atoms with van der Waals surface area (Å²) in [5, 5.41) is 0. The molecule has 6 rings (SSSR count). The Kier molecular flexibility index (Phi) is 8.66. The first kappa shape index (κ1) is 30.2. The average Bonchev–Trinajstić information content (AvgIpc) is 3.33. The van der Waals surface area contributed by atoms with Crippen LogP contribution in [0.1, 0.15) is 52.6 Å². The van der Waals surface area contributed by atoms with E-state index >= 15 is 0 Å². The zero-order valence-electron chi connectivity index (χ0n) is 24.7. The van der Waals surface area contributed by atoms with Gasteiger partial charge in [-0.25, -0.2) is 27.6 Å². The predicted octanol–water partition coefficient (Wildman–Crippen LogP) is 4.51. The number of pyridine rings is 1. The number of nitrogens with zero attached hydrogens (tertiary/aromatic N) is 4. The fourth-order valence-electron chi connectivity index (χ4n) is 5.73. The summed E-state index contributed by atoms with van der Waals surface area (Å²) in [6.45, 7) is 3.82. The molecule has 10 nitrogen and oxygen atoms in total. The number of aromatic nitrogens is 3. The SMILES string of the molecule is COC(=O)c1ccc2nc(CN3CCC(c4cccc(OCc5ccc(S(C)(=O)=O)cc5F)n4)CC3)n(CC3CCO3)c2c1. The Hall–Kier alpha value is -3.87. The van der Waals surface area contributed by atoms with E-state index in [0.717, 1.165) is 73.8 Å². The third kappa shape index (κ3) is 6.62. The zero-order chi connectivity index (χ0) is 30.8. The minimum absolute atomic E-state index is 0.0568. The number of hydrogen-bond donors (Lipinski definition) is 0. The van der Waals surface area contributed by atoms with Crippen LogP contribution in [-0.4, -0.2) is 73.0 Å². The van der Waals surface area contributed by atoms with E-state index in [1.165, 1.54) is 19.2 Å². The summed E-state index contributed by atoms with van der Waals surface area (Å²) in [5.74, 6) is 0.595. The maximum Gasteiger partial charge on any atom is 0.337 e. The van der Waals surface area contributed by atoms with Crippen LogP contribution in [0.5, 0.6) is 5.88 Å². The van der Waals surface area contributed by atoms with Gasteiger partial charge in [-0.2, -0.15) is 0 Å². The highest BCUT2D eigenvalue weighted by molar-refractivity contribution is 7.90. The number of likely N-dealkylation sites (tertiary alicyclic amines) is 1. The normalized spacial score (nSPS) is 17.8. The van der Waals surface area contributed by atoms with Crippen LogP contribution in [0, 0.1) is 5.82 Å². The standard InChI is InChI=1S/C32H35FN4O6S/c1-41-32(38)22-7-9-28-29(16-22)37(18-24-12-15-42-24)30(34-28)19-36-13-10-21(11-14-36)27-4-3-5-31(35-27)43-20-23-6-8-25(17-26(23)33)44(2,39)40/h3-9,16-17,21,24H,10-15,18-20H2,1-2H3. The molecule has 4 heterocycles. The van der Waals surface area contributed by atoms with Gasteiger partial charge in [0.15, 0.2) is 9.84 Å². The van der Waals surface area contributed by atoms with E-state index in [-0.39, 0.29) is 35.1 Å². The van der Waals surface area contributed by atoms with Crippen LogP contribution in [0.2, 0.25) is 0 Å². The van der Waals surface area contributed by atoms with Crippen molar-refractivity contribution >= 4 is 26.8 Å². The lowest BCUT2D eigenvalue weighted by Crippen LogP contribution is -2.35. The maximum atomic E-state index is 14.5. The van der Waals surface area contributed by atoms with Crippen molar-refractivity contribution < 1.29 is 31.8 Å². The second-order valence-corrected chi connectivity index (χ2v) is 13.4. The Balaban J connectivity index is 1.10. The molecule has 232 valence electrons. The van der Waals surface area contributed by atoms with Crippen LogP contribution >= 0.6 is 0 Å². The molecule has 0 aliphatic carbocycles. The van der Waals surface area contributed by atoms with E-state index in [1.807, 2.05) is 24.3 Å². The van der Waals surface area contributed by atoms with Gasteiger partial charge in [-0.15, -0.1) is 0 Å². The Morgan fingerprint density at radius 1 is 1.07 bits per heavy atom. The van der Waals surface area contributed by atoms with Crippen molar-refractivity contribution in [3.8, 4) is 5.88 Å². The number of halogens is 1. The maximum absolute atomic E-state index is 14.5. The van der Waals surface area contributed by atoms with Gasteiger partial charge in [-0.1, -0.05) is 12.1 Å². The van der Waals surface area contributed by atoms with Crippen LogP contribution in [0.15, 0.2) is 59.5 Å². The lowest BCUT2D eigenvalue weighted by molar-refractivity contribution is -0.0592. The molecular formula is C32H35FN4O6S. The van der Waals surface area contributed by atoms with Gasteiger partial charge in [0, 0.05) is 36.1 Å². The third-order valence-corrected chi connectivity index (χ3v) is 9.48. The highest BCUT2D eigenvalue weighted by Gasteiger charge is 2.26. The number of hydrogen-bond acceptors (Lipinski definition) is 9. The van der Waals surface area contributed by atoms with Crippen molar-refractivity contribution in [3.05, 3.63) is 83.1 Å². The molecule has 2 aliphatic heterocycles. The van der Waals surface area contributed by atoms with Gasteiger partial charge in [-0.05, 0) is 68.8 Å². The lowest BCUT2D eigenvalue weighted by atomic mass is 9.93. The second kappa shape index (κ2) is 12.6. The predicted molar refractivity (Wildman–Crippen MR) is 161 cm³/mol. The summed E-state index contributed by atoms with van der Waals surface area (Å²) in [7, 11) is -2.11. The van der Waals surface area contributed by atoms with E-state index in [9.17, 15) is 17.6 Å². The molecule has 44 heavy (non-hydrogen) atoms. The highest BCUT2D eigenvalue weighted by Crippen LogP contribution is 2.30. The molecule has 1 unspecified atom stereocenters. The zero-order valence-corrected chi connectivity index (χ0v) is 25.6. The van der Waals surface area contributed by atoms with Crippen molar-refractivity contribution in [2.24, 2.45) is 0 Å². The minimum Gasteiger partial charge on any atom is -0.473 e. The smallest absolute Gasteiger partial charge is 0.337 e. The minimum atomic E-state index is -3.49. The van der Waals surface area contributed by atoms with Crippen molar-refractivity contribution in [1.29, 1.82) is 0 Å². The largest absolute Gasteiger partial charge is 0.473 e. The molecule has 2 saturated heterocycles. The number of methoxy groups -OCH3 is 1. The second-order valence-electron chi connectivity index (χ2n) is 11.4. The summed E-state index contributed by atoms with van der Waals surface area (Å²) >= 11 is 0. The molecule has 0 amide bonds. The number of carbonyl (C=O) groups is 1. The number of sulfone groups is 1. The molecule has 2 fully saturated rings. The van der Waals surface area contributed by atoms with E-state index in [0.29, 0.717) is 24.5 Å². The first-order valence-electron chi connectivity index (χ1n) is 14.7. The molecule has 0 spiro atoms. The first-order chi connectivity index (χ1) is 21.2. The first-order valence-corrected chi connectivity index (χ1v) is 16.6. The molecule has 0 saturated carbocycles. The Morgan fingerprint density at radius 3 is 2.55 bits per heavy atom. The molecule has 4 aromatic rings. The van der Waals surface area contributed by atoms with Crippen LogP contribution in [0.3, 0.4) is 0 Å². The summed E-state index contributed by atoms with van der Waals surface area (Å²) < 4.78 is 56.5. The molecule has 0 radical (unpaired) electrons. The fourth-order valence-corrected chi connectivity index (χ4v) is 6.36. The molecule has 12 heteroatoms. The molecule has 0 N–H and O–H groups in total. The quantitative estimate of drug-likeness (QED) is 0.236. The number of rotatable bonds is 10. The number of esters is 1. The molecular weight excluding hydrogens is 587 g/mol.